The lowest BCUT2D eigenvalue weighted by Gasteiger charge is -2.03. The second kappa shape index (κ2) is 5.06. The van der Waals surface area contributed by atoms with Crippen molar-refractivity contribution >= 4 is 33.2 Å². The first-order valence-electron chi connectivity index (χ1n) is 5.07. The Labute approximate surface area is 123 Å². The Hall–Kier alpha value is -1.61. The molecule has 0 saturated heterocycles. The number of aromatic hydroxyl groups is 1. The third-order valence-electron chi connectivity index (χ3n) is 2.36. The van der Waals surface area contributed by atoms with Crippen molar-refractivity contribution in [3.8, 4) is 16.3 Å². The van der Waals surface area contributed by atoms with E-state index in [0.29, 0.717) is 0 Å². The molecule has 1 heterocycles. The minimum Gasteiger partial charge on any atom is -0.507 e. The molecule has 0 aliphatic heterocycles. The van der Waals surface area contributed by atoms with Gasteiger partial charge in [-0.15, -0.1) is 11.3 Å². The Bertz CT molecular complexity index is 685. The molecule has 9 heteroatoms. The summed E-state index contributed by atoms with van der Waals surface area (Å²) in [5, 5.41) is 9.50. The van der Waals surface area contributed by atoms with Crippen LogP contribution in [-0.4, -0.2) is 16.0 Å². The van der Waals surface area contributed by atoms with Crippen molar-refractivity contribution in [1.29, 1.82) is 0 Å². The molecule has 0 atom stereocenters. The van der Waals surface area contributed by atoms with Gasteiger partial charge >= 0.3 is 6.18 Å². The highest BCUT2D eigenvalue weighted by Crippen LogP contribution is 2.41. The molecule has 1 amide bonds. The molecule has 0 aliphatic carbocycles. The van der Waals surface area contributed by atoms with Crippen molar-refractivity contribution in [3.05, 3.63) is 33.2 Å². The highest BCUT2D eigenvalue weighted by atomic mass is 79.9. The van der Waals surface area contributed by atoms with Gasteiger partial charge in [0.25, 0.3) is 5.91 Å². The molecule has 4 nitrogen and oxygen atoms in total. The molecular weight excluding hydrogens is 361 g/mol. The molecule has 1 aromatic carbocycles. The number of amides is 1. The maximum Gasteiger partial charge on any atom is 0.435 e. The number of nitrogens with two attached hydrogens (primary N) is 1. The lowest BCUT2D eigenvalue weighted by atomic mass is 10.1. The Kier molecular flexibility index (Phi) is 3.74. The maximum absolute atomic E-state index is 12.6. The number of thiazole rings is 1. The fourth-order valence-electron chi connectivity index (χ4n) is 1.47. The maximum atomic E-state index is 12.6. The van der Waals surface area contributed by atoms with Crippen molar-refractivity contribution < 1.29 is 23.1 Å². The summed E-state index contributed by atoms with van der Waals surface area (Å²) in [5.41, 5.74) is 4.11. The Morgan fingerprint density at radius 1 is 1.40 bits per heavy atom. The predicted octanol–water partition coefficient (Wildman–Crippen LogP) is 3.40. The van der Waals surface area contributed by atoms with E-state index in [1.54, 1.807) is 0 Å². The van der Waals surface area contributed by atoms with E-state index < -0.39 is 17.8 Å². The molecule has 2 aromatic rings. The van der Waals surface area contributed by atoms with Gasteiger partial charge in [0.1, 0.15) is 14.5 Å². The summed E-state index contributed by atoms with van der Waals surface area (Å²) in [6, 6.07) is 3.73. The largest absolute Gasteiger partial charge is 0.507 e. The lowest BCUT2D eigenvalue weighted by Crippen LogP contribution is -2.11. The van der Waals surface area contributed by atoms with Crippen molar-refractivity contribution in [2.24, 2.45) is 5.73 Å². The fraction of sp³-hybridized carbons (Fsp3) is 0.0909. The monoisotopic (exact) mass is 366 g/mol. The summed E-state index contributed by atoms with van der Waals surface area (Å²) in [4.78, 5) is 14.6. The first kappa shape index (κ1) is 14.8. The van der Waals surface area contributed by atoms with E-state index in [4.69, 9.17) is 5.73 Å². The van der Waals surface area contributed by atoms with Gasteiger partial charge in [0.15, 0.2) is 5.69 Å². The Balaban J connectivity index is 2.53. The zero-order chi connectivity index (χ0) is 15.1. The molecule has 0 spiro atoms. The van der Waals surface area contributed by atoms with Crippen LogP contribution in [0.25, 0.3) is 10.6 Å². The molecule has 3 N–H and O–H groups in total. The average Bonchev–Trinajstić information content (AvgIpc) is 2.71. The molecule has 2 rings (SSSR count). The van der Waals surface area contributed by atoms with Gasteiger partial charge in [0, 0.05) is 5.56 Å². The molecule has 0 saturated carbocycles. The topological polar surface area (TPSA) is 76.2 Å². The van der Waals surface area contributed by atoms with Gasteiger partial charge in [-0.25, -0.2) is 4.98 Å². The number of nitrogens with zero attached hydrogens (tertiary/aromatic N) is 1. The third-order valence-corrected chi connectivity index (χ3v) is 4.12. The summed E-state index contributed by atoms with van der Waals surface area (Å²) < 4.78 is 37.8. The van der Waals surface area contributed by atoms with Gasteiger partial charge in [0.05, 0.1) is 5.56 Å². The van der Waals surface area contributed by atoms with Crippen LogP contribution in [0, 0.1) is 0 Å². The Morgan fingerprint density at radius 3 is 2.55 bits per heavy atom. The standard InChI is InChI=1S/C11H6BrF3N2O2S/c12-8-7(11(13,14)15)17-10(20-8)4-1-2-6(18)5(3-4)9(16)19/h1-3,18H,(H2,16,19). The predicted molar refractivity (Wildman–Crippen MR) is 70.4 cm³/mol. The normalized spacial score (nSPS) is 11.6. The number of phenols is 1. The van der Waals surface area contributed by atoms with E-state index in [9.17, 15) is 23.1 Å². The molecule has 1 aromatic heterocycles. The fourth-order valence-corrected chi connectivity index (χ4v) is 3.05. The van der Waals surface area contributed by atoms with Gasteiger partial charge in [-0.3, -0.25) is 4.79 Å². The number of carbonyl (C=O) groups excluding carboxylic acids is 1. The summed E-state index contributed by atoms with van der Waals surface area (Å²) in [7, 11) is 0. The summed E-state index contributed by atoms with van der Waals surface area (Å²) in [5.74, 6) is -1.22. The molecule has 0 bridgehead atoms. The van der Waals surface area contributed by atoms with Crippen molar-refractivity contribution in [2.45, 2.75) is 6.18 Å². The lowest BCUT2D eigenvalue weighted by molar-refractivity contribution is -0.141. The number of alkyl halides is 3. The second-order valence-electron chi connectivity index (χ2n) is 3.74. The number of carbonyl (C=O) groups is 1. The number of benzene rings is 1. The molecule has 0 unspecified atom stereocenters. The van der Waals surface area contributed by atoms with E-state index in [2.05, 4.69) is 20.9 Å². The third kappa shape index (κ3) is 2.78. The van der Waals surface area contributed by atoms with Crippen LogP contribution in [0.4, 0.5) is 13.2 Å². The van der Waals surface area contributed by atoms with Crippen molar-refractivity contribution in [2.75, 3.05) is 0 Å². The van der Waals surface area contributed by atoms with Crippen LogP contribution in [0.15, 0.2) is 22.0 Å². The SMILES string of the molecule is NC(=O)c1cc(-c2nc(C(F)(F)F)c(Br)s2)ccc1O. The molecule has 106 valence electrons. The molecule has 20 heavy (non-hydrogen) atoms. The van der Waals surface area contributed by atoms with E-state index >= 15 is 0 Å². The van der Waals surface area contributed by atoms with Crippen LogP contribution in [0.3, 0.4) is 0 Å². The van der Waals surface area contributed by atoms with Crippen LogP contribution in [0.1, 0.15) is 16.1 Å². The highest BCUT2D eigenvalue weighted by Gasteiger charge is 2.37. The zero-order valence-electron chi connectivity index (χ0n) is 9.53. The van der Waals surface area contributed by atoms with Gasteiger partial charge in [-0.1, -0.05) is 0 Å². The van der Waals surface area contributed by atoms with Crippen LogP contribution >= 0.6 is 27.3 Å². The van der Waals surface area contributed by atoms with Crippen LogP contribution in [-0.2, 0) is 6.18 Å². The van der Waals surface area contributed by atoms with E-state index in [1.165, 1.54) is 18.2 Å². The highest BCUT2D eigenvalue weighted by molar-refractivity contribution is 9.11. The average molecular weight is 367 g/mol. The molecule has 0 radical (unpaired) electrons. The minimum absolute atomic E-state index is 0.0618. The first-order valence-corrected chi connectivity index (χ1v) is 6.68. The smallest absolute Gasteiger partial charge is 0.435 e. The zero-order valence-corrected chi connectivity index (χ0v) is 11.9. The summed E-state index contributed by atoms with van der Waals surface area (Å²) in [6.45, 7) is 0. The van der Waals surface area contributed by atoms with Gasteiger partial charge in [-0.05, 0) is 34.1 Å². The second-order valence-corrected chi connectivity index (χ2v) is 6.05. The number of aromatic nitrogens is 1. The van der Waals surface area contributed by atoms with E-state index in [0.717, 1.165) is 11.3 Å². The van der Waals surface area contributed by atoms with Gasteiger partial charge in [0.2, 0.25) is 0 Å². The molecule has 0 fully saturated rings. The first-order chi connectivity index (χ1) is 9.20. The van der Waals surface area contributed by atoms with Crippen molar-refractivity contribution in [3.63, 3.8) is 0 Å². The quantitative estimate of drug-likeness (QED) is 0.854. The number of halogens is 4. The van der Waals surface area contributed by atoms with Gasteiger partial charge < -0.3 is 10.8 Å². The van der Waals surface area contributed by atoms with E-state index in [-0.39, 0.29) is 25.7 Å². The van der Waals surface area contributed by atoms with Crippen LogP contribution < -0.4 is 5.73 Å². The van der Waals surface area contributed by atoms with E-state index in [1.807, 2.05) is 0 Å². The summed E-state index contributed by atoms with van der Waals surface area (Å²) >= 11 is 3.58. The van der Waals surface area contributed by atoms with Crippen LogP contribution in [0.5, 0.6) is 5.75 Å². The number of hydrogen-bond acceptors (Lipinski definition) is 4. The molecular formula is C11H6BrF3N2O2S. The minimum atomic E-state index is -4.57. The number of rotatable bonds is 2. The van der Waals surface area contributed by atoms with Crippen LogP contribution in [0.2, 0.25) is 0 Å². The number of primary amides is 1. The number of hydrogen-bond donors (Lipinski definition) is 2. The Morgan fingerprint density at radius 2 is 2.05 bits per heavy atom. The summed E-state index contributed by atoms with van der Waals surface area (Å²) in [6.07, 6.45) is -4.57. The molecule has 0 aliphatic rings. The van der Waals surface area contributed by atoms with Gasteiger partial charge in [-0.2, -0.15) is 13.2 Å². The van der Waals surface area contributed by atoms with Crippen molar-refractivity contribution in [1.82, 2.24) is 4.98 Å².